The van der Waals surface area contributed by atoms with E-state index in [4.69, 9.17) is 4.74 Å². The third kappa shape index (κ3) is 4.59. The zero-order valence-corrected chi connectivity index (χ0v) is 11.6. The van der Waals surface area contributed by atoms with E-state index >= 15 is 0 Å². The number of hydrogen-bond acceptors (Lipinski definition) is 2. The summed E-state index contributed by atoms with van der Waals surface area (Å²) >= 11 is 0. The minimum Gasteiger partial charge on any atom is -0.393 e. The number of rotatable bonds is 5. The van der Waals surface area contributed by atoms with Crippen molar-refractivity contribution in [1.29, 1.82) is 0 Å². The fourth-order valence-corrected chi connectivity index (χ4v) is 2.66. The molecule has 0 bridgehead atoms. The molecule has 0 saturated carbocycles. The third-order valence-electron chi connectivity index (χ3n) is 3.86. The summed E-state index contributed by atoms with van der Waals surface area (Å²) in [5, 5.41) is 10.1. The lowest BCUT2D eigenvalue weighted by molar-refractivity contribution is 0.00233. The molecule has 0 radical (unpaired) electrons. The van der Waals surface area contributed by atoms with Crippen LogP contribution in [0.2, 0.25) is 0 Å². The summed E-state index contributed by atoms with van der Waals surface area (Å²) < 4.78 is 18.7. The summed E-state index contributed by atoms with van der Waals surface area (Å²) in [6.07, 6.45) is 5.72. The van der Waals surface area contributed by atoms with Crippen LogP contribution in [0.3, 0.4) is 0 Å². The molecule has 0 spiro atoms. The van der Waals surface area contributed by atoms with Crippen molar-refractivity contribution >= 4 is 0 Å². The summed E-state index contributed by atoms with van der Waals surface area (Å²) in [4.78, 5) is 0. The van der Waals surface area contributed by atoms with E-state index in [1.165, 1.54) is 18.6 Å². The Morgan fingerprint density at radius 1 is 1.42 bits per heavy atom. The molecule has 1 aromatic carbocycles. The number of aliphatic hydroxyl groups is 1. The van der Waals surface area contributed by atoms with Crippen molar-refractivity contribution < 1.29 is 14.2 Å². The average molecular weight is 266 g/mol. The summed E-state index contributed by atoms with van der Waals surface area (Å²) in [5.74, 6) is -0.216. The molecule has 0 amide bonds. The lowest BCUT2D eigenvalue weighted by atomic mass is 9.97. The Balaban J connectivity index is 1.78. The summed E-state index contributed by atoms with van der Waals surface area (Å²) in [5.41, 5.74) is 1.94. The summed E-state index contributed by atoms with van der Waals surface area (Å²) in [7, 11) is 0. The minimum atomic E-state index is -0.366. The maximum Gasteiger partial charge on any atom is 0.123 e. The van der Waals surface area contributed by atoms with E-state index in [1.807, 2.05) is 6.92 Å². The molecule has 0 aliphatic carbocycles. The van der Waals surface area contributed by atoms with Gasteiger partial charge in [-0.15, -0.1) is 0 Å². The van der Waals surface area contributed by atoms with Crippen molar-refractivity contribution in [2.45, 2.75) is 57.7 Å². The van der Waals surface area contributed by atoms with Crippen LogP contribution in [0.5, 0.6) is 0 Å². The average Bonchev–Trinajstić information content (AvgIpc) is 2.41. The molecular weight excluding hydrogens is 243 g/mol. The van der Waals surface area contributed by atoms with Crippen molar-refractivity contribution in [2.24, 2.45) is 0 Å². The summed E-state index contributed by atoms with van der Waals surface area (Å²) in [6.45, 7) is 2.74. The highest BCUT2D eigenvalue weighted by atomic mass is 19.1. The molecule has 1 fully saturated rings. The smallest absolute Gasteiger partial charge is 0.123 e. The van der Waals surface area contributed by atoms with Crippen LogP contribution in [-0.2, 0) is 11.2 Å². The van der Waals surface area contributed by atoms with Gasteiger partial charge in [-0.05, 0) is 68.7 Å². The molecule has 1 aliphatic heterocycles. The van der Waals surface area contributed by atoms with Gasteiger partial charge in [0.15, 0.2) is 0 Å². The monoisotopic (exact) mass is 266 g/mol. The van der Waals surface area contributed by atoms with Crippen molar-refractivity contribution in [1.82, 2.24) is 0 Å². The Kier molecular flexibility index (Phi) is 5.34. The van der Waals surface area contributed by atoms with Gasteiger partial charge >= 0.3 is 0 Å². The maximum atomic E-state index is 13.0. The van der Waals surface area contributed by atoms with Crippen LogP contribution in [-0.4, -0.2) is 23.9 Å². The number of aliphatic hydroxyl groups excluding tert-OH is 1. The van der Waals surface area contributed by atoms with Gasteiger partial charge in [-0.3, -0.25) is 0 Å². The second kappa shape index (κ2) is 7.01. The molecule has 106 valence electrons. The molecule has 2 rings (SSSR count). The first kappa shape index (κ1) is 14.5. The third-order valence-corrected chi connectivity index (χ3v) is 3.86. The standard InChI is InChI=1S/C16H23FO2/c1-12-10-14(17)6-5-13(12)11-15(18)7-8-16-4-2-3-9-19-16/h5-6,10,15-16,18H,2-4,7-9,11H2,1H3. The number of halogens is 1. The molecule has 1 aliphatic rings. The molecule has 2 atom stereocenters. The van der Waals surface area contributed by atoms with Crippen molar-refractivity contribution in [3.63, 3.8) is 0 Å². The second-order valence-electron chi connectivity index (χ2n) is 5.49. The van der Waals surface area contributed by atoms with Crippen LogP contribution in [0.1, 0.15) is 43.2 Å². The molecule has 2 nitrogen and oxygen atoms in total. The van der Waals surface area contributed by atoms with Crippen LogP contribution < -0.4 is 0 Å². The Labute approximate surface area is 114 Å². The Morgan fingerprint density at radius 3 is 2.95 bits per heavy atom. The molecule has 1 N–H and O–H groups in total. The zero-order chi connectivity index (χ0) is 13.7. The fourth-order valence-electron chi connectivity index (χ4n) is 2.66. The SMILES string of the molecule is Cc1cc(F)ccc1CC(O)CCC1CCCCO1. The van der Waals surface area contributed by atoms with Crippen LogP contribution in [0.15, 0.2) is 18.2 Å². The Morgan fingerprint density at radius 2 is 2.26 bits per heavy atom. The Hall–Kier alpha value is -0.930. The van der Waals surface area contributed by atoms with Crippen LogP contribution in [0.25, 0.3) is 0 Å². The number of hydrogen-bond donors (Lipinski definition) is 1. The van der Waals surface area contributed by atoms with E-state index in [0.29, 0.717) is 12.5 Å². The molecular formula is C16H23FO2. The normalized spacial score (nSPS) is 21.3. The van der Waals surface area contributed by atoms with Crippen LogP contribution >= 0.6 is 0 Å². The minimum absolute atomic E-state index is 0.216. The van der Waals surface area contributed by atoms with Gasteiger partial charge in [0.2, 0.25) is 0 Å². The predicted octanol–water partition coefficient (Wildman–Crippen LogP) is 3.39. The topological polar surface area (TPSA) is 29.5 Å². The molecule has 2 unspecified atom stereocenters. The number of ether oxygens (including phenoxy) is 1. The molecule has 0 aromatic heterocycles. The van der Waals surface area contributed by atoms with Gasteiger partial charge in [-0.25, -0.2) is 4.39 Å². The highest BCUT2D eigenvalue weighted by Gasteiger charge is 2.16. The fraction of sp³-hybridized carbons (Fsp3) is 0.625. The maximum absolute atomic E-state index is 13.0. The lowest BCUT2D eigenvalue weighted by Crippen LogP contribution is -2.22. The lowest BCUT2D eigenvalue weighted by Gasteiger charge is -2.23. The predicted molar refractivity (Wildman–Crippen MR) is 73.7 cm³/mol. The first-order valence-electron chi connectivity index (χ1n) is 7.20. The highest BCUT2D eigenvalue weighted by molar-refractivity contribution is 5.27. The van der Waals surface area contributed by atoms with Gasteiger partial charge in [-0.1, -0.05) is 6.07 Å². The molecule has 3 heteroatoms. The van der Waals surface area contributed by atoms with Gasteiger partial charge in [0.05, 0.1) is 12.2 Å². The largest absolute Gasteiger partial charge is 0.393 e. The van der Waals surface area contributed by atoms with E-state index in [2.05, 4.69) is 0 Å². The molecule has 19 heavy (non-hydrogen) atoms. The van der Waals surface area contributed by atoms with Crippen LogP contribution in [0, 0.1) is 12.7 Å². The van der Waals surface area contributed by atoms with Crippen molar-refractivity contribution in [3.05, 3.63) is 35.1 Å². The number of aryl methyl sites for hydroxylation is 1. The van der Waals surface area contributed by atoms with Gasteiger partial charge in [0.1, 0.15) is 5.82 Å². The molecule has 1 heterocycles. The van der Waals surface area contributed by atoms with Crippen molar-refractivity contribution in [3.8, 4) is 0 Å². The first-order chi connectivity index (χ1) is 9.15. The van der Waals surface area contributed by atoms with Gasteiger partial charge in [0, 0.05) is 6.61 Å². The van der Waals surface area contributed by atoms with E-state index < -0.39 is 0 Å². The van der Waals surface area contributed by atoms with E-state index in [-0.39, 0.29) is 11.9 Å². The molecule has 1 saturated heterocycles. The number of benzene rings is 1. The molecule has 1 aromatic rings. The van der Waals surface area contributed by atoms with E-state index in [9.17, 15) is 9.50 Å². The Bertz CT molecular complexity index is 400. The zero-order valence-electron chi connectivity index (χ0n) is 11.6. The first-order valence-corrected chi connectivity index (χ1v) is 7.20. The van der Waals surface area contributed by atoms with Gasteiger partial charge in [0.25, 0.3) is 0 Å². The summed E-state index contributed by atoms with van der Waals surface area (Å²) in [6, 6.07) is 4.75. The van der Waals surface area contributed by atoms with Gasteiger partial charge < -0.3 is 9.84 Å². The van der Waals surface area contributed by atoms with Gasteiger partial charge in [-0.2, -0.15) is 0 Å². The quantitative estimate of drug-likeness (QED) is 0.885. The highest BCUT2D eigenvalue weighted by Crippen LogP contribution is 2.20. The van der Waals surface area contributed by atoms with E-state index in [0.717, 1.165) is 43.4 Å². The van der Waals surface area contributed by atoms with Crippen LogP contribution in [0.4, 0.5) is 4.39 Å². The van der Waals surface area contributed by atoms with Crippen molar-refractivity contribution in [2.75, 3.05) is 6.61 Å². The second-order valence-corrected chi connectivity index (χ2v) is 5.49. The van der Waals surface area contributed by atoms with E-state index in [1.54, 1.807) is 6.07 Å².